The van der Waals surface area contributed by atoms with Crippen LogP contribution in [-0.2, 0) is 23.1 Å². The van der Waals surface area contributed by atoms with Crippen molar-refractivity contribution >= 4 is 43.8 Å². The van der Waals surface area contributed by atoms with Gasteiger partial charge in [-0.25, -0.2) is 4.79 Å². The minimum atomic E-state index is -0.273. The molecule has 0 aliphatic heterocycles. The molecule has 0 N–H and O–H groups in total. The van der Waals surface area contributed by atoms with Gasteiger partial charge in [0.2, 0.25) is 0 Å². The van der Waals surface area contributed by atoms with Crippen molar-refractivity contribution in [2.24, 2.45) is 7.05 Å². The summed E-state index contributed by atoms with van der Waals surface area (Å²) in [4.78, 5) is 26.2. The molecule has 6 nitrogen and oxygen atoms in total. The smallest absolute Gasteiger partial charge is 0.329 e. The average molecular weight is 512 g/mol. The van der Waals surface area contributed by atoms with E-state index < -0.39 is 0 Å². The molecule has 4 aromatic rings. The summed E-state index contributed by atoms with van der Waals surface area (Å²) in [5.74, 6) is -0.273. The van der Waals surface area contributed by atoms with Gasteiger partial charge in [-0.3, -0.25) is 13.9 Å². The first-order valence-corrected chi connectivity index (χ1v) is 12.2. The number of ether oxygens (including phenoxy) is 1. The van der Waals surface area contributed by atoms with E-state index in [1.54, 1.807) is 11.5 Å². The van der Waals surface area contributed by atoms with E-state index in [1.807, 2.05) is 29.8 Å². The number of hydrogen-bond donors (Lipinski definition) is 0. The first kappa shape index (κ1) is 23.4. The van der Waals surface area contributed by atoms with Crippen LogP contribution >= 0.6 is 15.9 Å². The summed E-state index contributed by atoms with van der Waals surface area (Å²) in [6.45, 7) is 6.76. The van der Waals surface area contributed by atoms with Crippen molar-refractivity contribution in [2.45, 2.75) is 52.6 Å². The average Bonchev–Trinajstić information content (AvgIpc) is 3.23. The van der Waals surface area contributed by atoms with Crippen LogP contribution in [0.4, 0.5) is 0 Å². The van der Waals surface area contributed by atoms with Crippen LogP contribution in [0.5, 0.6) is 0 Å². The molecule has 4 rings (SSSR count). The second-order valence-electron chi connectivity index (χ2n) is 8.56. The predicted molar refractivity (Wildman–Crippen MR) is 136 cm³/mol. The summed E-state index contributed by atoms with van der Waals surface area (Å²) in [6.07, 6.45) is 3.88. The molecule has 174 valence electrons. The molecule has 33 heavy (non-hydrogen) atoms. The number of nitrogens with zero attached hydrogens (tertiary/aromatic N) is 3. The lowest BCUT2D eigenvalue weighted by Crippen LogP contribution is -2.29. The summed E-state index contributed by atoms with van der Waals surface area (Å²) in [5.41, 5.74) is 5.02. The van der Waals surface area contributed by atoms with Gasteiger partial charge in [-0.1, -0.05) is 41.4 Å². The Morgan fingerprint density at radius 1 is 1.12 bits per heavy atom. The molecule has 0 bridgehead atoms. The summed E-state index contributed by atoms with van der Waals surface area (Å²) in [6, 6.07) is 11.9. The summed E-state index contributed by atoms with van der Waals surface area (Å²) in [7, 11) is 2.03. The Morgan fingerprint density at radius 2 is 1.91 bits per heavy atom. The van der Waals surface area contributed by atoms with Crippen LogP contribution in [0.2, 0.25) is 0 Å². The van der Waals surface area contributed by atoms with Crippen molar-refractivity contribution < 1.29 is 9.53 Å². The molecule has 1 unspecified atom stereocenters. The van der Waals surface area contributed by atoms with Crippen molar-refractivity contribution in [3.63, 3.8) is 0 Å². The maximum atomic E-state index is 13.8. The number of imidazole rings is 1. The standard InChI is InChI=1S/C26H30BrN3O3/c1-5-8-20(14-24(31)33-6-2)30-21-12-11-19(27)13-23(21)29(26(30)32)16-18-15-28(4)22-10-7-9-17(3)25(18)22/h7,9-13,15,20H,5-6,8,14,16H2,1-4H3. The van der Waals surface area contributed by atoms with Crippen molar-refractivity contribution in [1.82, 2.24) is 13.7 Å². The Kier molecular flexibility index (Phi) is 6.79. The van der Waals surface area contributed by atoms with E-state index in [2.05, 4.69) is 58.7 Å². The van der Waals surface area contributed by atoms with Crippen LogP contribution in [0, 0.1) is 6.92 Å². The third-order valence-electron chi connectivity index (χ3n) is 6.25. The van der Waals surface area contributed by atoms with Crippen LogP contribution < -0.4 is 5.69 Å². The molecule has 2 heterocycles. The lowest BCUT2D eigenvalue weighted by atomic mass is 10.1. The number of esters is 1. The van der Waals surface area contributed by atoms with E-state index in [-0.39, 0.29) is 24.1 Å². The topological polar surface area (TPSA) is 58.2 Å². The highest BCUT2D eigenvalue weighted by molar-refractivity contribution is 9.10. The Morgan fingerprint density at radius 3 is 2.64 bits per heavy atom. The molecule has 2 aromatic heterocycles. The second-order valence-corrected chi connectivity index (χ2v) is 9.47. The molecule has 0 saturated heterocycles. The van der Waals surface area contributed by atoms with Crippen molar-refractivity contribution in [1.29, 1.82) is 0 Å². The number of rotatable bonds is 8. The lowest BCUT2D eigenvalue weighted by Gasteiger charge is -2.17. The molecule has 7 heteroatoms. The highest BCUT2D eigenvalue weighted by Crippen LogP contribution is 2.29. The zero-order valence-corrected chi connectivity index (χ0v) is 21.2. The molecule has 0 amide bonds. The molecule has 0 fully saturated rings. The molecule has 0 aliphatic rings. The number of hydrogen-bond acceptors (Lipinski definition) is 3. The number of carbonyl (C=O) groups is 1. The van der Waals surface area contributed by atoms with Crippen LogP contribution in [0.15, 0.2) is 51.9 Å². The Hall–Kier alpha value is -2.80. The number of aryl methyl sites for hydroxylation is 2. The zero-order valence-electron chi connectivity index (χ0n) is 19.6. The van der Waals surface area contributed by atoms with E-state index in [9.17, 15) is 9.59 Å². The van der Waals surface area contributed by atoms with Crippen molar-refractivity contribution in [3.05, 3.63) is 68.7 Å². The highest BCUT2D eigenvalue weighted by atomic mass is 79.9. The van der Waals surface area contributed by atoms with Crippen LogP contribution in [-0.4, -0.2) is 26.3 Å². The van der Waals surface area contributed by atoms with Crippen LogP contribution in [0.3, 0.4) is 0 Å². The molecule has 0 spiro atoms. The third-order valence-corrected chi connectivity index (χ3v) is 6.74. The van der Waals surface area contributed by atoms with Crippen molar-refractivity contribution in [3.8, 4) is 0 Å². The molecule has 0 saturated carbocycles. The molecular weight excluding hydrogens is 482 g/mol. The van der Waals surface area contributed by atoms with E-state index in [0.29, 0.717) is 13.2 Å². The van der Waals surface area contributed by atoms with Gasteiger partial charge in [0.15, 0.2) is 0 Å². The molecule has 0 aliphatic carbocycles. The van der Waals surface area contributed by atoms with E-state index in [1.165, 1.54) is 10.9 Å². The van der Waals surface area contributed by atoms with Gasteiger partial charge >= 0.3 is 11.7 Å². The fourth-order valence-corrected chi connectivity index (χ4v) is 5.20. The van der Waals surface area contributed by atoms with E-state index in [4.69, 9.17) is 4.74 Å². The van der Waals surface area contributed by atoms with Crippen molar-refractivity contribution in [2.75, 3.05) is 6.61 Å². The summed E-state index contributed by atoms with van der Waals surface area (Å²) in [5, 5.41) is 1.18. The van der Waals surface area contributed by atoms with Gasteiger partial charge in [0, 0.05) is 34.7 Å². The SMILES string of the molecule is CCCC(CC(=O)OCC)n1c(=O)n(Cc2cn(C)c3cccc(C)c23)c2cc(Br)ccc21. The fourth-order valence-electron chi connectivity index (χ4n) is 4.85. The van der Waals surface area contributed by atoms with Gasteiger partial charge in [0.05, 0.1) is 30.6 Å². The molecule has 1 atom stereocenters. The molecule has 0 radical (unpaired) electrons. The number of carbonyl (C=O) groups excluding carboxylic acids is 1. The van der Waals surface area contributed by atoms with Gasteiger partial charge < -0.3 is 9.30 Å². The van der Waals surface area contributed by atoms with Crippen LogP contribution in [0.25, 0.3) is 21.9 Å². The third kappa shape index (κ3) is 4.38. The Bertz CT molecular complexity index is 1380. The normalized spacial score (nSPS) is 12.5. The van der Waals surface area contributed by atoms with Gasteiger partial charge in [-0.2, -0.15) is 0 Å². The largest absolute Gasteiger partial charge is 0.466 e. The first-order valence-electron chi connectivity index (χ1n) is 11.4. The minimum Gasteiger partial charge on any atom is -0.466 e. The molecule has 2 aromatic carbocycles. The zero-order chi connectivity index (χ0) is 23.7. The lowest BCUT2D eigenvalue weighted by molar-refractivity contribution is -0.144. The second kappa shape index (κ2) is 9.59. The highest BCUT2D eigenvalue weighted by Gasteiger charge is 2.24. The van der Waals surface area contributed by atoms with E-state index >= 15 is 0 Å². The minimum absolute atomic E-state index is 0.101. The predicted octanol–water partition coefficient (Wildman–Crippen LogP) is 5.71. The number of benzene rings is 2. The number of aromatic nitrogens is 3. The summed E-state index contributed by atoms with van der Waals surface area (Å²) >= 11 is 3.57. The Labute approximate surface area is 201 Å². The number of halogens is 1. The van der Waals surface area contributed by atoms with Gasteiger partial charge in [0.25, 0.3) is 0 Å². The van der Waals surface area contributed by atoms with Gasteiger partial charge in [0.1, 0.15) is 0 Å². The quantitative estimate of drug-likeness (QED) is 0.284. The summed E-state index contributed by atoms with van der Waals surface area (Å²) < 4.78 is 11.8. The maximum Gasteiger partial charge on any atom is 0.329 e. The maximum absolute atomic E-state index is 13.8. The monoisotopic (exact) mass is 511 g/mol. The fraction of sp³-hybridized carbons (Fsp3) is 0.385. The van der Waals surface area contributed by atoms with Gasteiger partial charge in [-0.05, 0) is 55.7 Å². The Balaban J connectivity index is 1.88. The van der Waals surface area contributed by atoms with Crippen LogP contribution in [0.1, 0.15) is 50.3 Å². The first-order chi connectivity index (χ1) is 15.8. The number of fused-ring (bicyclic) bond motifs is 2. The van der Waals surface area contributed by atoms with E-state index in [0.717, 1.165) is 39.4 Å². The molecular formula is C26H30BrN3O3. The van der Waals surface area contributed by atoms with Gasteiger partial charge in [-0.15, -0.1) is 0 Å².